The number of nitrogens with zero attached hydrogens (tertiary/aromatic N) is 1. The molecule has 0 amide bonds. The summed E-state index contributed by atoms with van der Waals surface area (Å²) in [5, 5.41) is 4.21. The van der Waals surface area contributed by atoms with Crippen molar-refractivity contribution in [2.45, 2.75) is 0 Å². The van der Waals surface area contributed by atoms with Crippen molar-refractivity contribution in [1.82, 2.24) is 5.16 Å². The molecule has 3 aromatic rings. The monoisotopic (exact) mass is 243 g/mol. The van der Waals surface area contributed by atoms with Gasteiger partial charge in [-0.1, -0.05) is 5.16 Å². The van der Waals surface area contributed by atoms with Gasteiger partial charge in [0.05, 0.1) is 18.1 Å². The molecule has 0 aliphatic carbocycles. The quantitative estimate of drug-likeness (QED) is 0.691. The molecule has 0 N–H and O–H groups in total. The summed E-state index contributed by atoms with van der Waals surface area (Å²) < 4.78 is 15.2. The first-order valence-corrected chi connectivity index (χ1v) is 5.30. The molecule has 1 aromatic carbocycles. The lowest BCUT2D eigenvalue weighted by Crippen LogP contribution is -2.04. The predicted octanol–water partition coefficient (Wildman–Crippen LogP) is 2.46. The maximum absolute atomic E-state index is 12.2. The fourth-order valence-corrected chi connectivity index (χ4v) is 1.76. The van der Waals surface area contributed by atoms with Crippen LogP contribution in [0.5, 0.6) is 5.75 Å². The molecule has 2 aromatic heterocycles. The Morgan fingerprint density at radius 3 is 2.89 bits per heavy atom. The molecule has 0 aliphatic heterocycles. The van der Waals surface area contributed by atoms with Crippen LogP contribution in [0, 0.1) is 0 Å². The van der Waals surface area contributed by atoms with E-state index in [4.69, 9.17) is 13.7 Å². The van der Waals surface area contributed by atoms with Gasteiger partial charge in [0, 0.05) is 12.1 Å². The van der Waals surface area contributed by atoms with Crippen LogP contribution in [0.25, 0.3) is 22.2 Å². The van der Waals surface area contributed by atoms with Gasteiger partial charge >= 0.3 is 0 Å². The first-order chi connectivity index (χ1) is 8.79. The summed E-state index contributed by atoms with van der Waals surface area (Å²) in [5.74, 6) is 0.639. The third-order valence-corrected chi connectivity index (χ3v) is 2.70. The topological polar surface area (TPSA) is 65.5 Å². The van der Waals surface area contributed by atoms with Crippen molar-refractivity contribution < 1.29 is 13.7 Å². The van der Waals surface area contributed by atoms with Crippen molar-refractivity contribution in [2.24, 2.45) is 0 Å². The first-order valence-electron chi connectivity index (χ1n) is 5.30. The zero-order valence-electron chi connectivity index (χ0n) is 9.54. The number of benzene rings is 1. The third kappa shape index (κ3) is 1.57. The first kappa shape index (κ1) is 10.6. The molecule has 5 heteroatoms. The molecule has 0 radical (unpaired) electrons. The lowest BCUT2D eigenvalue weighted by Gasteiger charge is -2.02. The molecule has 0 unspecified atom stereocenters. The van der Waals surface area contributed by atoms with Gasteiger partial charge < -0.3 is 13.7 Å². The highest BCUT2D eigenvalue weighted by Gasteiger charge is 2.11. The second-order valence-electron chi connectivity index (χ2n) is 3.73. The molecule has 0 atom stereocenters. The Morgan fingerprint density at radius 2 is 2.17 bits per heavy atom. The normalized spacial score (nSPS) is 10.7. The SMILES string of the molecule is COc1ccc2c(=O)c(-c3ccon3)coc2c1. The summed E-state index contributed by atoms with van der Waals surface area (Å²) in [6.45, 7) is 0. The van der Waals surface area contributed by atoms with Crippen LogP contribution in [0.4, 0.5) is 0 Å². The lowest BCUT2D eigenvalue weighted by molar-refractivity contribution is 0.414. The number of fused-ring (bicyclic) bond motifs is 1. The third-order valence-electron chi connectivity index (χ3n) is 2.70. The van der Waals surface area contributed by atoms with Crippen LogP contribution < -0.4 is 10.2 Å². The Morgan fingerprint density at radius 1 is 1.28 bits per heavy atom. The minimum Gasteiger partial charge on any atom is -0.497 e. The summed E-state index contributed by atoms with van der Waals surface area (Å²) in [6.07, 6.45) is 2.79. The van der Waals surface area contributed by atoms with Crippen LogP contribution in [0.2, 0.25) is 0 Å². The highest BCUT2D eigenvalue weighted by atomic mass is 16.5. The van der Waals surface area contributed by atoms with Gasteiger partial charge in [-0.3, -0.25) is 4.79 Å². The second-order valence-corrected chi connectivity index (χ2v) is 3.73. The average Bonchev–Trinajstić information content (AvgIpc) is 2.92. The number of hydrogen-bond donors (Lipinski definition) is 0. The highest BCUT2D eigenvalue weighted by molar-refractivity contribution is 5.81. The van der Waals surface area contributed by atoms with E-state index in [9.17, 15) is 4.79 Å². The molecule has 0 aliphatic rings. The Bertz CT molecular complexity index is 743. The molecule has 0 bridgehead atoms. The number of hydrogen-bond acceptors (Lipinski definition) is 5. The van der Waals surface area contributed by atoms with Gasteiger partial charge in [-0.15, -0.1) is 0 Å². The summed E-state index contributed by atoms with van der Waals surface area (Å²) >= 11 is 0. The Kier molecular flexibility index (Phi) is 2.37. The van der Waals surface area contributed by atoms with Crippen LogP contribution in [0.3, 0.4) is 0 Å². The fraction of sp³-hybridized carbons (Fsp3) is 0.0769. The minimum atomic E-state index is -0.146. The molecule has 0 fully saturated rings. The van der Waals surface area contributed by atoms with Crippen molar-refractivity contribution in [3.05, 3.63) is 47.0 Å². The largest absolute Gasteiger partial charge is 0.497 e. The molecule has 0 saturated carbocycles. The Balaban J connectivity index is 2.27. The van der Waals surface area contributed by atoms with E-state index in [1.807, 2.05) is 0 Å². The van der Waals surface area contributed by atoms with Crippen LogP contribution in [0.1, 0.15) is 0 Å². The fourth-order valence-electron chi connectivity index (χ4n) is 1.76. The molecule has 3 rings (SSSR count). The van der Waals surface area contributed by atoms with Gasteiger partial charge in [0.2, 0.25) is 5.43 Å². The molecule has 0 saturated heterocycles. The van der Waals surface area contributed by atoms with Crippen LogP contribution in [-0.4, -0.2) is 12.3 Å². The molecule has 5 nitrogen and oxygen atoms in total. The number of ether oxygens (including phenoxy) is 1. The van der Waals surface area contributed by atoms with Gasteiger partial charge in [0.1, 0.15) is 29.6 Å². The van der Waals surface area contributed by atoms with Gasteiger partial charge in [0.15, 0.2) is 0 Å². The Hall–Kier alpha value is -2.56. The van der Waals surface area contributed by atoms with E-state index in [0.717, 1.165) is 0 Å². The van der Waals surface area contributed by atoms with E-state index in [0.29, 0.717) is 28.0 Å². The highest BCUT2D eigenvalue weighted by Crippen LogP contribution is 2.21. The van der Waals surface area contributed by atoms with Crippen LogP contribution >= 0.6 is 0 Å². The van der Waals surface area contributed by atoms with Gasteiger partial charge in [-0.05, 0) is 12.1 Å². The zero-order chi connectivity index (χ0) is 12.5. The summed E-state index contributed by atoms with van der Waals surface area (Å²) in [6, 6.07) is 6.67. The van der Waals surface area contributed by atoms with E-state index in [1.165, 1.54) is 12.5 Å². The van der Waals surface area contributed by atoms with Gasteiger partial charge in [-0.2, -0.15) is 0 Å². The maximum Gasteiger partial charge on any atom is 0.202 e. The summed E-state index contributed by atoms with van der Waals surface area (Å²) in [7, 11) is 1.56. The van der Waals surface area contributed by atoms with E-state index < -0.39 is 0 Å². The Labute approximate surface area is 102 Å². The molecule has 2 heterocycles. The van der Waals surface area contributed by atoms with Gasteiger partial charge in [0.25, 0.3) is 0 Å². The standard InChI is InChI=1S/C13H9NO4/c1-16-8-2-3-9-12(6-8)17-7-10(13(9)15)11-4-5-18-14-11/h2-7H,1H3. The molecular weight excluding hydrogens is 234 g/mol. The lowest BCUT2D eigenvalue weighted by atomic mass is 10.1. The summed E-state index contributed by atoms with van der Waals surface area (Å²) in [4.78, 5) is 12.2. The van der Waals surface area contributed by atoms with E-state index in [-0.39, 0.29) is 5.43 Å². The molecule has 90 valence electrons. The van der Waals surface area contributed by atoms with Crippen molar-refractivity contribution in [3.63, 3.8) is 0 Å². The minimum absolute atomic E-state index is 0.146. The smallest absolute Gasteiger partial charge is 0.202 e. The van der Waals surface area contributed by atoms with Crippen molar-refractivity contribution in [2.75, 3.05) is 7.11 Å². The van der Waals surface area contributed by atoms with E-state index in [2.05, 4.69) is 5.16 Å². The van der Waals surface area contributed by atoms with Gasteiger partial charge in [-0.25, -0.2) is 0 Å². The van der Waals surface area contributed by atoms with Crippen LogP contribution in [0.15, 0.2) is 50.5 Å². The number of methoxy groups -OCH3 is 1. The molecule has 0 spiro atoms. The average molecular weight is 243 g/mol. The van der Waals surface area contributed by atoms with Crippen molar-refractivity contribution in [1.29, 1.82) is 0 Å². The second kappa shape index (κ2) is 4.03. The van der Waals surface area contributed by atoms with E-state index in [1.54, 1.807) is 31.4 Å². The molecular formula is C13H9NO4. The van der Waals surface area contributed by atoms with Crippen molar-refractivity contribution >= 4 is 11.0 Å². The van der Waals surface area contributed by atoms with Crippen LogP contribution in [-0.2, 0) is 0 Å². The molecule has 18 heavy (non-hydrogen) atoms. The zero-order valence-corrected chi connectivity index (χ0v) is 9.54. The van der Waals surface area contributed by atoms with E-state index >= 15 is 0 Å². The summed E-state index contributed by atoms with van der Waals surface area (Å²) in [5.41, 5.74) is 1.17. The predicted molar refractivity (Wildman–Crippen MR) is 64.5 cm³/mol. The number of rotatable bonds is 2. The number of aromatic nitrogens is 1. The maximum atomic E-state index is 12.2. The van der Waals surface area contributed by atoms with Crippen molar-refractivity contribution in [3.8, 4) is 17.0 Å².